The number of benzene rings is 2. The van der Waals surface area contributed by atoms with Gasteiger partial charge in [-0.25, -0.2) is 0 Å². The molecule has 1 heterocycles. The number of rotatable bonds is 5. The first-order valence-corrected chi connectivity index (χ1v) is 9.06. The van der Waals surface area contributed by atoms with E-state index in [9.17, 15) is 9.90 Å². The number of phenolic OH excluding ortho intramolecular Hbond substituents is 1. The van der Waals surface area contributed by atoms with Crippen molar-refractivity contribution in [3.63, 3.8) is 0 Å². The Morgan fingerprint density at radius 2 is 1.72 bits per heavy atom. The van der Waals surface area contributed by atoms with E-state index in [2.05, 4.69) is 34.5 Å². The second-order valence-electron chi connectivity index (χ2n) is 6.50. The Morgan fingerprint density at radius 3 is 2.40 bits per heavy atom. The van der Waals surface area contributed by atoms with Gasteiger partial charge in [-0.15, -0.1) is 0 Å². The number of nitrogens with one attached hydrogen (secondary N) is 1. The number of likely N-dealkylation sites (tertiary alicyclic amines) is 1. The maximum atomic E-state index is 12.2. The average Bonchev–Trinajstić information content (AvgIpc) is 2.64. The van der Waals surface area contributed by atoms with E-state index in [4.69, 9.17) is 11.6 Å². The second kappa shape index (κ2) is 8.37. The number of hydrogen-bond donors (Lipinski definition) is 2. The van der Waals surface area contributed by atoms with Crippen LogP contribution in [0.5, 0.6) is 5.75 Å². The molecular formula is C20H23ClN2O2. The van der Waals surface area contributed by atoms with Crippen LogP contribution in [-0.4, -0.2) is 29.0 Å². The number of aromatic hydroxyl groups is 1. The minimum Gasteiger partial charge on any atom is -0.506 e. The summed E-state index contributed by atoms with van der Waals surface area (Å²) in [7, 11) is 0. The zero-order valence-electron chi connectivity index (χ0n) is 14.2. The SMILES string of the molecule is O=C(NCc1ccc(CN2CCCCC2)cc1)c1ccc(O)c(Cl)c1. The van der Waals surface area contributed by atoms with Crippen molar-refractivity contribution < 1.29 is 9.90 Å². The lowest BCUT2D eigenvalue weighted by atomic mass is 10.1. The number of piperidine rings is 1. The van der Waals surface area contributed by atoms with Gasteiger partial charge in [0.1, 0.15) is 5.75 Å². The molecule has 0 unspecified atom stereocenters. The van der Waals surface area contributed by atoms with Gasteiger partial charge in [0.2, 0.25) is 0 Å². The fourth-order valence-corrected chi connectivity index (χ4v) is 3.25. The molecule has 2 N–H and O–H groups in total. The Kier molecular flexibility index (Phi) is 5.95. The molecule has 4 nitrogen and oxygen atoms in total. The largest absolute Gasteiger partial charge is 0.506 e. The zero-order chi connectivity index (χ0) is 17.6. The summed E-state index contributed by atoms with van der Waals surface area (Å²) in [5, 5.41) is 12.5. The quantitative estimate of drug-likeness (QED) is 0.850. The van der Waals surface area contributed by atoms with Crippen LogP contribution in [0.4, 0.5) is 0 Å². The molecule has 0 spiro atoms. The molecule has 1 amide bonds. The molecule has 0 aromatic heterocycles. The Balaban J connectivity index is 1.52. The molecule has 132 valence electrons. The Morgan fingerprint density at radius 1 is 1.04 bits per heavy atom. The predicted molar refractivity (Wildman–Crippen MR) is 99.9 cm³/mol. The Labute approximate surface area is 153 Å². The molecule has 0 saturated carbocycles. The average molecular weight is 359 g/mol. The van der Waals surface area contributed by atoms with Crippen molar-refractivity contribution in [2.45, 2.75) is 32.4 Å². The lowest BCUT2D eigenvalue weighted by Crippen LogP contribution is -2.29. The third-order valence-electron chi connectivity index (χ3n) is 4.54. The van der Waals surface area contributed by atoms with Crippen LogP contribution in [0.3, 0.4) is 0 Å². The summed E-state index contributed by atoms with van der Waals surface area (Å²) in [5.41, 5.74) is 2.80. The minimum atomic E-state index is -0.209. The molecule has 1 aliphatic heterocycles. The first kappa shape index (κ1) is 17.8. The van der Waals surface area contributed by atoms with Gasteiger partial charge >= 0.3 is 0 Å². The van der Waals surface area contributed by atoms with Gasteiger partial charge in [-0.2, -0.15) is 0 Å². The van der Waals surface area contributed by atoms with E-state index < -0.39 is 0 Å². The second-order valence-corrected chi connectivity index (χ2v) is 6.91. The van der Waals surface area contributed by atoms with Crippen molar-refractivity contribution in [2.75, 3.05) is 13.1 Å². The van der Waals surface area contributed by atoms with E-state index in [1.807, 2.05) is 0 Å². The summed E-state index contributed by atoms with van der Waals surface area (Å²) in [6.45, 7) is 3.83. The van der Waals surface area contributed by atoms with E-state index in [0.29, 0.717) is 12.1 Å². The maximum absolute atomic E-state index is 12.2. The van der Waals surface area contributed by atoms with Crippen LogP contribution in [0.25, 0.3) is 0 Å². The topological polar surface area (TPSA) is 52.6 Å². The molecule has 3 rings (SSSR count). The number of phenols is 1. The highest BCUT2D eigenvalue weighted by Crippen LogP contribution is 2.23. The van der Waals surface area contributed by atoms with Crippen molar-refractivity contribution in [2.24, 2.45) is 0 Å². The molecule has 1 fully saturated rings. The van der Waals surface area contributed by atoms with Crippen molar-refractivity contribution in [1.29, 1.82) is 0 Å². The van der Waals surface area contributed by atoms with Crippen LogP contribution in [0.1, 0.15) is 40.7 Å². The van der Waals surface area contributed by atoms with Crippen molar-refractivity contribution in [3.05, 3.63) is 64.2 Å². The molecule has 5 heteroatoms. The molecule has 0 bridgehead atoms. The summed E-state index contributed by atoms with van der Waals surface area (Å²) >= 11 is 5.84. The van der Waals surface area contributed by atoms with Gasteiger partial charge in [-0.1, -0.05) is 42.3 Å². The summed E-state index contributed by atoms with van der Waals surface area (Å²) in [6, 6.07) is 12.8. The Hall–Kier alpha value is -2.04. The molecule has 0 aliphatic carbocycles. The number of carbonyl (C=O) groups is 1. The predicted octanol–water partition coefficient (Wildman–Crippen LogP) is 3.96. The third-order valence-corrected chi connectivity index (χ3v) is 4.84. The molecule has 2 aromatic carbocycles. The van der Waals surface area contributed by atoms with Crippen LogP contribution in [-0.2, 0) is 13.1 Å². The smallest absolute Gasteiger partial charge is 0.251 e. The fourth-order valence-electron chi connectivity index (χ4n) is 3.07. The highest BCUT2D eigenvalue weighted by atomic mass is 35.5. The number of nitrogens with zero attached hydrogens (tertiary/aromatic N) is 1. The lowest BCUT2D eigenvalue weighted by molar-refractivity contribution is 0.0951. The monoisotopic (exact) mass is 358 g/mol. The summed E-state index contributed by atoms with van der Waals surface area (Å²) in [5.74, 6) is -0.234. The van der Waals surface area contributed by atoms with Crippen LogP contribution in [0.2, 0.25) is 5.02 Å². The molecule has 25 heavy (non-hydrogen) atoms. The molecule has 0 radical (unpaired) electrons. The number of hydrogen-bond acceptors (Lipinski definition) is 3. The van der Waals surface area contributed by atoms with Gasteiger partial charge < -0.3 is 10.4 Å². The lowest BCUT2D eigenvalue weighted by Gasteiger charge is -2.26. The summed E-state index contributed by atoms with van der Waals surface area (Å²) in [6.07, 6.45) is 3.94. The van der Waals surface area contributed by atoms with Gasteiger partial charge in [0, 0.05) is 18.7 Å². The summed E-state index contributed by atoms with van der Waals surface area (Å²) < 4.78 is 0. The number of amides is 1. The van der Waals surface area contributed by atoms with E-state index in [0.717, 1.165) is 12.1 Å². The molecule has 1 saturated heterocycles. The first-order valence-electron chi connectivity index (χ1n) is 8.69. The first-order chi connectivity index (χ1) is 12.1. The molecule has 2 aromatic rings. The van der Waals surface area contributed by atoms with E-state index in [1.165, 1.54) is 50.0 Å². The van der Waals surface area contributed by atoms with Crippen LogP contribution in [0.15, 0.2) is 42.5 Å². The van der Waals surface area contributed by atoms with E-state index >= 15 is 0 Å². The van der Waals surface area contributed by atoms with Gasteiger partial charge in [0.05, 0.1) is 5.02 Å². The van der Waals surface area contributed by atoms with Crippen molar-refractivity contribution >= 4 is 17.5 Å². The molecular weight excluding hydrogens is 336 g/mol. The minimum absolute atomic E-state index is 0.0255. The van der Waals surface area contributed by atoms with Gasteiger partial charge in [-0.3, -0.25) is 9.69 Å². The normalized spacial score (nSPS) is 15.1. The molecule has 1 aliphatic rings. The highest BCUT2D eigenvalue weighted by molar-refractivity contribution is 6.32. The van der Waals surface area contributed by atoms with Crippen LogP contribution in [0, 0.1) is 0 Å². The van der Waals surface area contributed by atoms with Gasteiger partial charge in [-0.05, 0) is 55.3 Å². The fraction of sp³-hybridized carbons (Fsp3) is 0.350. The van der Waals surface area contributed by atoms with E-state index in [1.54, 1.807) is 6.07 Å². The van der Waals surface area contributed by atoms with Crippen LogP contribution < -0.4 is 5.32 Å². The number of carbonyl (C=O) groups excluding carboxylic acids is 1. The van der Waals surface area contributed by atoms with Crippen molar-refractivity contribution in [3.8, 4) is 5.75 Å². The maximum Gasteiger partial charge on any atom is 0.251 e. The van der Waals surface area contributed by atoms with Crippen LogP contribution >= 0.6 is 11.6 Å². The Bertz CT molecular complexity index is 725. The number of halogens is 1. The summed E-state index contributed by atoms with van der Waals surface area (Å²) in [4.78, 5) is 14.6. The van der Waals surface area contributed by atoms with Gasteiger partial charge in [0.15, 0.2) is 0 Å². The highest BCUT2D eigenvalue weighted by Gasteiger charge is 2.11. The van der Waals surface area contributed by atoms with Crippen molar-refractivity contribution in [1.82, 2.24) is 10.2 Å². The third kappa shape index (κ3) is 4.97. The van der Waals surface area contributed by atoms with Gasteiger partial charge in [0.25, 0.3) is 5.91 Å². The van der Waals surface area contributed by atoms with E-state index in [-0.39, 0.29) is 16.7 Å². The molecule has 0 atom stereocenters. The standard InChI is InChI=1S/C20H23ClN2O2/c21-18-12-17(8-9-19(18)24)20(25)22-13-15-4-6-16(7-5-15)14-23-10-2-1-3-11-23/h4-9,12,24H,1-3,10-11,13-14H2,(H,22,25). The zero-order valence-corrected chi connectivity index (χ0v) is 14.9.